The molecule has 1 aromatic rings. The Hall–Kier alpha value is -1.51. The van der Waals surface area contributed by atoms with Crippen molar-refractivity contribution in [3.05, 3.63) is 24.3 Å². The molecule has 0 saturated carbocycles. The van der Waals surface area contributed by atoms with Crippen LogP contribution in [-0.4, -0.2) is 5.91 Å². The Morgan fingerprint density at radius 3 is 2.20 bits per heavy atom. The van der Waals surface area contributed by atoms with Gasteiger partial charge in [0, 0.05) is 17.3 Å². The molecule has 1 atom stereocenters. The van der Waals surface area contributed by atoms with Gasteiger partial charge in [-0.05, 0) is 30.2 Å². The maximum Gasteiger partial charge on any atom is 0.227 e. The van der Waals surface area contributed by atoms with Gasteiger partial charge in [-0.2, -0.15) is 0 Å². The monoisotopic (exact) mass is 206 g/mol. The maximum absolute atomic E-state index is 11.7. The molecule has 0 aliphatic rings. The van der Waals surface area contributed by atoms with Gasteiger partial charge in [0.25, 0.3) is 0 Å². The normalized spacial score (nSPS) is 12.5. The minimum absolute atomic E-state index is 0.0163. The number of amides is 1. The van der Waals surface area contributed by atoms with Crippen molar-refractivity contribution in [1.29, 1.82) is 0 Å². The molecule has 0 heterocycles. The molecule has 3 heteroatoms. The highest BCUT2D eigenvalue weighted by Gasteiger charge is 2.16. The largest absolute Gasteiger partial charge is 0.399 e. The second-order valence-corrected chi connectivity index (χ2v) is 4.14. The van der Waals surface area contributed by atoms with Crippen LogP contribution in [0.25, 0.3) is 0 Å². The quantitative estimate of drug-likeness (QED) is 0.746. The van der Waals surface area contributed by atoms with Crippen molar-refractivity contribution >= 4 is 17.3 Å². The Morgan fingerprint density at radius 2 is 1.73 bits per heavy atom. The van der Waals surface area contributed by atoms with E-state index >= 15 is 0 Å². The molecule has 0 aliphatic carbocycles. The molecular formula is C12H18N2O. The van der Waals surface area contributed by atoms with Gasteiger partial charge in [-0.15, -0.1) is 0 Å². The SMILES string of the molecule is CC(C)[C@@H](C)C(=O)Nc1ccc(N)cc1. The minimum Gasteiger partial charge on any atom is -0.399 e. The number of nitrogens with two attached hydrogens (primary N) is 1. The topological polar surface area (TPSA) is 55.1 Å². The Morgan fingerprint density at radius 1 is 1.20 bits per heavy atom. The average Bonchev–Trinajstić information content (AvgIpc) is 2.20. The first-order valence-corrected chi connectivity index (χ1v) is 5.17. The molecule has 0 spiro atoms. The van der Waals surface area contributed by atoms with E-state index in [1.165, 1.54) is 0 Å². The van der Waals surface area contributed by atoms with Crippen LogP contribution in [-0.2, 0) is 4.79 Å². The average molecular weight is 206 g/mol. The highest BCUT2D eigenvalue weighted by atomic mass is 16.1. The van der Waals surface area contributed by atoms with E-state index in [0.29, 0.717) is 11.6 Å². The molecule has 0 radical (unpaired) electrons. The van der Waals surface area contributed by atoms with Gasteiger partial charge in [0.2, 0.25) is 5.91 Å². The number of anilines is 2. The van der Waals surface area contributed by atoms with Crippen LogP contribution in [0.5, 0.6) is 0 Å². The molecule has 0 saturated heterocycles. The first-order chi connectivity index (χ1) is 7.00. The number of carbonyl (C=O) groups excluding carboxylic acids is 1. The number of rotatable bonds is 3. The van der Waals surface area contributed by atoms with Gasteiger partial charge in [0.05, 0.1) is 0 Å². The third kappa shape index (κ3) is 3.27. The summed E-state index contributed by atoms with van der Waals surface area (Å²) in [4.78, 5) is 11.7. The highest BCUT2D eigenvalue weighted by Crippen LogP contribution is 2.15. The molecule has 0 aliphatic heterocycles. The highest BCUT2D eigenvalue weighted by molar-refractivity contribution is 5.92. The van der Waals surface area contributed by atoms with Gasteiger partial charge < -0.3 is 11.1 Å². The van der Waals surface area contributed by atoms with Crippen molar-refractivity contribution in [2.45, 2.75) is 20.8 Å². The van der Waals surface area contributed by atoms with Crippen LogP contribution in [0, 0.1) is 11.8 Å². The summed E-state index contributed by atoms with van der Waals surface area (Å²) in [6.07, 6.45) is 0. The summed E-state index contributed by atoms with van der Waals surface area (Å²) in [6.45, 7) is 6.00. The van der Waals surface area contributed by atoms with Gasteiger partial charge in [0.1, 0.15) is 0 Å². The molecule has 0 aromatic heterocycles. The summed E-state index contributed by atoms with van der Waals surface area (Å²) in [5, 5.41) is 2.86. The van der Waals surface area contributed by atoms with E-state index in [2.05, 4.69) is 5.32 Å². The lowest BCUT2D eigenvalue weighted by molar-refractivity contribution is -0.120. The zero-order valence-electron chi connectivity index (χ0n) is 9.45. The van der Waals surface area contributed by atoms with E-state index in [1.54, 1.807) is 24.3 Å². The van der Waals surface area contributed by atoms with Crippen molar-refractivity contribution in [2.75, 3.05) is 11.1 Å². The van der Waals surface area contributed by atoms with Crippen LogP contribution in [0.2, 0.25) is 0 Å². The lowest BCUT2D eigenvalue weighted by Crippen LogP contribution is -2.24. The van der Waals surface area contributed by atoms with Crippen molar-refractivity contribution < 1.29 is 4.79 Å². The fraction of sp³-hybridized carbons (Fsp3) is 0.417. The van der Waals surface area contributed by atoms with E-state index < -0.39 is 0 Å². The zero-order chi connectivity index (χ0) is 11.4. The third-order valence-corrected chi connectivity index (χ3v) is 2.59. The van der Waals surface area contributed by atoms with Gasteiger partial charge in [-0.3, -0.25) is 4.79 Å². The summed E-state index contributed by atoms with van der Waals surface area (Å²) in [5.41, 5.74) is 7.05. The van der Waals surface area contributed by atoms with E-state index in [-0.39, 0.29) is 11.8 Å². The minimum atomic E-state index is 0.0163. The van der Waals surface area contributed by atoms with Crippen LogP contribution in [0.3, 0.4) is 0 Å². The zero-order valence-corrected chi connectivity index (χ0v) is 9.45. The smallest absolute Gasteiger partial charge is 0.227 e. The van der Waals surface area contributed by atoms with Crippen molar-refractivity contribution in [3.63, 3.8) is 0 Å². The number of hydrogen-bond acceptors (Lipinski definition) is 2. The molecule has 82 valence electrons. The summed E-state index contributed by atoms with van der Waals surface area (Å²) >= 11 is 0. The number of nitrogen functional groups attached to an aromatic ring is 1. The standard InChI is InChI=1S/C12H18N2O/c1-8(2)9(3)12(15)14-11-6-4-10(13)5-7-11/h4-9H,13H2,1-3H3,(H,14,15)/t9-/m1/s1. The number of benzene rings is 1. The predicted molar refractivity (Wildman–Crippen MR) is 63.5 cm³/mol. The fourth-order valence-electron chi connectivity index (χ4n) is 1.13. The van der Waals surface area contributed by atoms with E-state index in [0.717, 1.165) is 5.69 Å². The molecule has 1 amide bonds. The van der Waals surface area contributed by atoms with Crippen LogP contribution < -0.4 is 11.1 Å². The van der Waals surface area contributed by atoms with Gasteiger partial charge in [-0.25, -0.2) is 0 Å². The molecule has 1 rings (SSSR count). The van der Waals surface area contributed by atoms with E-state index in [4.69, 9.17) is 5.73 Å². The van der Waals surface area contributed by atoms with Gasteiger partial charge in [0.15, 0.2) is 0 Å². The number of hydrogen-bond donors (Lipinski definition) is 2. The van der Waals surface area contributed by atoms with Gasteiger partial charge >= 0.3 is 0 Å². The van der Waals surface area contributed by atoms with Crippen molar-refractivity contribution in [1.82, 2.24) is 0 Å². The molecule has 3 N–H and O–H groups in total. The molecule has 0 unspecified atom stereocenters. The fourth-order valence-corrected chi connectivity index (χ4v) is 1.13. The maximum atomic E-state index is 11.7. The molecule has 1 aromatic carbocycles. The van der Waals surface area contributed by atoms with Crippen LogP contribution in [0.15, 0.2) is 24.3 Å². The number of nitrogens with one attached hydrogen (secondary N) is 1. The Kier molecular flexibility index (Phi) is 3.72. The van der Waals surface area contributed by atoms with Crippen LogP contribution >= 0.6 is 0 Å². The summed E-state index contributed by atoms with van der Waals surface area (Å²) in [5.74, 6) is 0.413. The first-order valence-electron chi connectivity index (χ1n) is 5.17. The van der Waals surface area contributed by atoms with Gasteiger partial charge in [-0.1, -0.05) is 20.8 Å². The van der Waals surface area contributed by atoms with Crippen LogP contribution in [0.4, 0.5) is 11.4 Å². The predicted octanol–water partition coefficient (Wildman–Crippen LogP) is 2.50. The Labute approximate surface area is 90.7 Å². The summed E-state index contributed by atoms with van der Waals surface area (Å²) < 4.78 is 0. The molecule has 15 heavy (non-hydrogen) atoms. The third-order valence-electron chi connectivity index (χ3n) is 2.59. The second-order valence-electron chi connectivity index (χ2n) is 4.14. The van der Waals surface area contributed by atoms with E-state index in [1.807, 2.05) is 20.8 Å². The Balaban J connectivity index is 2.62. The van der Waals surface area contributed by atoms with Crippen molar-refractivity contribution in [2.24, 2.45) is 11.8 Å². The number of carbonyl (C=O) groups is 1. The molecule has 0 fully saturated rings. The van der Waals surface area contributed by atoms with Crippen LogP contribution in [0.1, 0.15) is 20.8 Å². The van der Waals surface area contributed by atoms with E-state index in [9.17, 15) is 4.79 Å². The Bertz CT molecular complexity index is 330. The van der Waals surface area contributed by atoms with Crippen molar-refractivity contribution in [3.8, 4) is 0 Å². The molecule has 3 nitrogen and oxygen atoms in total. The summed E-state index contributed by atoms with van der Waals surface area (Å²) in [7, 11) is 0. The molecule has 0 bridgehead atoms. The second kappa shape index (κ2) is 4.82. The molecular weight excluding hydrogens is 188 g/mol. The lowest BCUT2D eigenvalue weighted by Gasteiger charge is -2.15. The first kappa shape index (κ1) is 11.6. The lowest BCUT2D eigenvalue weighted by atomic mass is 9.97. The summed E-state index contributed by atoms with van der Waals surface area (Å²) in [6, 6.07) is 7.16.